The fraction of sp³-hybridized carbons (Fsp3) is 0.667. The first-order valence-corrected chi connectivity index (χ1v) is 7.62. The number of carbonyl (C=O) groups is 1. The Morgan fingerprint density at radius 3 is 2.30 bits per heavy atom. The Balaban J connectivity index is 2.05. The molecular weight excluding hydrogens is 252 g/mol. The maximum atomic E-state index is 12.4. The summed E-state index contributed by atoms with van der Waals surface area (Å²) < 4.78 is 0. The molecule has 0 saturated carbocycles. The summed E-state index contributed by atoms with van der Waals surface area (Å²) in [7, 11) is 0. The van der Waals surface area contributed by atoms with Crippen molar-refractivity contribution in [3.8, 4) is 0 Å². The van der Waals surface area contributed by atoms with Gasteiger partial charge in [0.15, 0.2) is 0 Å². The lowest BCUT2D eigenvalue weighted by atomic mass is 10.3. The molecule has 5 heteroatoms. The number of aromatic nitrogens is 2. The molecule has 0 spiro atoms. The van der Waals surface area contributed by atoms with Crippen molar-refractivity contribution < 1.29 is 4.79 Å². The number of carbonyl (C=O) groups excluding carboxylic acids is 1. The maximum Gasteiger partial charge on any atom is 0.274 e. The molecule has 1 fully saturated rings. The summed E-state index contributed by atoms with van der Waals surface area (Å²) in [6.07, 6.45) is 7.70. The Kier molecular flexibility index (Phi) is 5.32. The highest BCUT2D eigenvalue weighted by Crippen LogP contribution is 2.16. The monoisotopic (exact) mass is 276 g/mol. The zero-order valence-corrected chi connectivity index (χ0v) is 12.5. The van der Waals surface area contributed by atoms with E-state index in [4.69, 9.17) is 0 Å². The Morgan fingerprint density at radius 1 is 1.15 bits per heavy atom. The van der Waals surface area contributed by atoms with Gasteiger partial charge < -0.3 is 9.80 Å². The van der Waals surface area contributed by atoms with Gasteiger partial charge in [0.05, 0.1) is 12.4 Å². The largest absolute Gasteiger partial charge is 0.355 e. The number of hydrogen-bond acceptors (Lipinski definition) is 4. The van der Waals surface area contributed by atoms with Crippen molar-refractivity contribution in [2.45, 2.75) is 39.5 Å². The Morgan fingerprint density at radius 2 is 1.80 bits per heavy atom. The fourth-order valence-corrected chi connectivity index (χ4v) is 2.56. The van der Waals surface area contributed by atoms with Crippen LogP contribution < -0.4 is 4.90 Å². The van der Waals surface area contributed by atoms with Gasteiger partial charge in [-0.1, -0.05) is 13.8 Å². The van der Waals surface area contributed by atoms with E-state index >= 15 is 0 Å². The molecule has 0 aliphatic carbocycles. The second kappa shape index (κ2) is 7.22. The summed E-state index contributed by atoms with van der Waals surface area (Å²) in [5, 5.41) is 0. The number of nitrogens with zero attached hydrogens (tertiary/aromatic N) is 4. The quantitative estimate of drug-likeness (QED) is 0.800. The van der Waals surface area contributed by atoms with E-state index in [2.05, 4.69) is 28.7 Å². The van der Waals surface area contributed by atoms with Crippen LogP contribution in [0.4, 0.5) is 5.82 Å². The van der Waals surface area contributed by atoms with E-state index in [9.17, 15) is 4.79 Å². The van der Waals surface area contributed by atoms with E-state index in [1.807, 2.05) is 4.90 Å². The highest BCUT2D eigenvalue weighted by atomic mass is 16.2. The Bertz CT molecular complexity index is 420. The van der Waals surface area contributed by atoms with Gasteiger partial charge in [0, 0.05) is 26.2 Å². The molecule has 20 heavy (non-hydrogen) atoms. The number of hydrogen-bond donors (Lipinski definition) is 0. The lowest BCUT2D eigenvalue weighted by Crippen LogP contribution is -2.33. The molecule has 5 nitrogen and oxygen atoms in total. The molecule has 1 aromatic rings. The predicted molar refractivity (Wildman–Crippen MR) is 80.0 cm³/mol. The average molecular weight is 276 g/mol. The molecule has 110 valence electrons. The van der Waals surface area contributed by atoms with Gasteiger partial charge in [0.2, 0.25) is 0 Å². The molecule has 0 atom stereocenters. The Labute approximate surface area is 121 Å². The molecular formula is C15H24N4O. The SMILES string of the molecule is CCCN(CCC)C(=O)c1cnc(N2CCCC2)cn1. The predicted octanol–water partition coefficient (Wildman–Crippen LogP) is 2.34. The van der Waals surface area contributed by atoms with Gasteiger partial charge in [-0.2, -0.15) is 0 Å². The van der Waals surface area contributed by atoms with Gasteiger partial charge in [-0.05, 0) is 25.7 Å². The summed E-state index contributed by atoms with van der Waals surface area (Å²) >= 11 is 0. The molecule has 0 radical (unpaired) electrons. The standard InChI is InChI=1S/C15H24N4O/c1-3-7-19(8-4-2)15(20)13-11-17-14(12-16-13)18-9-5-6-10-18/h11-12H,3-10H2,1-2H3. The summed E-state index contributed by atoms with van der Waals surface area (Å²) in [5.41, 5.74) is 0.454. The lowest BCUT2D eigenvalue weighted by Gasteiger charge is -2.21. The third-order valence-corrected chi connectivity index (χ3v) is 3.56. The van der Waals surface area contributed by atoms with Crippen molar-refractivity contribution in [2.24, 2.45) is 0 Å². The molecule has 2 rings (SSSR count). The van der Waals surface area contributed by atoms with E-state index in [0.717, 1.165) is 44.8 Å². The Hall–Kier alpha value is -1.65. The highest BCUT2D eigenvalue weighted by Gasteiger charge is 2.18. The number of amides is 1. The zero-order chi connectivity index (χ0) is 14.4. The molecule has 1 saturated heterocycles. The molecule has 1 aliphatic rings. The van der Waals surface area contributed by atoms with E-state index in [1.165, 1.54) is 12.8 Å². The first-order valence-electron chi connectivity index (χ1n) is 7.62. The van der Waals surface area contributed by atoms with Crippen LogP contribution in [0.3, 0.4) is 0 Å². The third-order valence-electron chi connectivity index (χ3n) is 3.56. The van der Waals surface area contributed by atoms with Gasteiger partial charge in [-0.15, -0.1) is 0 Å². The number of anilines is 1. The summed E-state index contributed by atoms with van der Waals surface area (Å²) in [4.78, 5) is 25.2. The maximum absolute atomic E-state index is 12.4. The fourth-order valence-electron chi connectivity index (χ4n) is 2.56. The molecule has 0 bridgehead atoms. The third kappa shape index (κ3) is 3.46. The molecule has 2 heterocycles. The van der Waals surface area contributed by atoms with Gasteiger partial charge in [-0.25, -0.2) is 9.97 Å². The van der Waals surface area contributed by atoms with Crippen molar-refractivity contribution in [1.29, 1.82) is 0 Å². The minimum absolute atomic E-state index is 0.00540. The van der Waals surface area contributed by atoms with Crippen LogP contribution in [0.5, 0.6) is 0 Å². The average Bonchev–Trinajstić information content (AvgIpc) is 3.01. The van der Waals surface area contributed by atoms with Crippen LogP contribution in [-0.4, -0.2) is 47.0 Å². The molecule has 0 unspecified atom stereocenters. The van der Waals surface area contributed by atoms with Crippen LogP contribution in [0, 0.1) is 0 Å². The van der Waals surface area contributed by atoms with Crippen molar-refractivity contribution in [3.05, 3.63) is 18.1 Å². The minimum Gasteiger partial charge on any atom is -0.355 e. The molecule has 1 amide bonds. The van der Waals surface area contributed by atoms with Crippen molar-refractivity contribution >= 4 is 11.7 Å². The second-order valence-corrected chi connectivity index (χ2v) is 5.25. The minimum atomic E-state index is -0.00540. The van der Waals surface area contributed by atoms with E-state index < -0.39 is 0 Å². The topological polar surface area (TPSA) is 49.3 Å². The first-order chi connectivity index (χ1) is 9.76. The van der Waals surface area contributed by atoms with Gasteiger partial charge >= 0.3 is 0 Å². The van der Waals surface area contributed by atoms with Crippen molar-refractivity contribution in [2.75, 3.05) is 31.1 Å². The smallest absolute Gasteiger partial charge is 0.274 e. The van der Waals surface area contributed by atoms with Gasteiger partial charge in [-0.3, -0.25) is 4.79 Å². The van der Waals surface area contributed by atoms with Crippen LogP contribution in [0.15, 0.2) is 12.4 Å². The van der Waals surface area contributed by atoms with Crippen LogP contribution in [0.1, 0.15) is 50.0 Å². The van der Waals surface area contributed by atoms with Crippen molar-refractivity contribution in [3.63, 3.8) is 0 Å². The van der Waals surface area contributed by atoms with E-state index in [1.54, 1.807) is 12.4 Å². The van der Waals surface area contributed by atoms with Gasteiger partial charge in [0.25, 0.3) is 5.91 Å². The van der Waals surface area contributed by atoms with Crippen LogP contribution in [0.2, 0.25) is 0 Å². The normalized spacial score (nSPS) is 14.6. The first kappa shape index (κ1) is 14.8. The second-order valence-electron chi connectivity index (χ2n) is 5.25. The summed E-state index contributed by atoms with van der Waals surface area (Å²) in [6, 6.07) is 0. The summed E-state index contributed by atoms with van der Waals surface area (Å²) in [5.74, 6) is 0.880. The molecule has 0 aromatic carbocycles. The number of rotatable bonds is 6. The van der Waals surface area contributed by atoms with Crippen LogP contribution >= 0.6 is 0 Å². The lowest BCUT2D eigenvalue weighted by molar-refractivity contribution is 0.0749. The zero-order valence-electron chi connectivity index (χ0n) is 12.5. The summed E-state index contributed by atoms with van der Waals surface area (Å²) in [6.45, 7) is 7.81. The van der Waals surface area contributed by atoms with Crippen LogP contribution in [-0.2, 0) is 0 Å². The van der Waals surface area contributed by atoms with Gasteiger partial charge in [0.1, 0.15) is 11.5 Å². The molecule has 1 aromatic heterocycles. The molecule has 0 N–H and O–H groups in total. The molecule has 1 aliphatic heterocycles. The van der Waals surface area contributed by atoms with E-state index in [-0.39, 0.29) is 5.91 Å². The van der Waals surface area contributed by atoms with E-state index in [0.29, 0.717) is 5.69 Å². The highest BCUT2D eigenvalue weighted by molar-refractivity contribution is 5.92. The van der Waals surface area contributed by atoms with Crippen LogP contribution in [0.25, 0.3) is 0 Å². The van der Waals surface area contributed by atoms with Crippen molar-refractivity contribution in [1.82, 2.24) is 14.9 Å².